The van der Waals surface area contributed by atoms with Crippen LogP contribution in [0.4, 0.5) is 0 Å². The summed E-state index contributed by atoms with van der Waals surface area (Å²) in [6.45, 7) is 4.56. The average molecular weight is 477 g/mol. The molecule has 1 N–H and O–H groups in total. The Morgan fingerprint density at radius 2 is 1.19 bits per heavy atom. The number of hydrogen-bond acceptors (Lipinski definition) is 7. The number of rotatable bonds is 22. The van der Waals surface area contributed by atoms with Crippen LogP contribution in [0.25, 0.3) is 0 Å². The third-order valence-electron chi connectivity index (χ3n) is 4.69. The van der Waals surface area contributed by atoms with Gasteiger partial charge >= 0.3 is 10.4 Å². The van der Waals surface area contributed by atoms with Crippen molar-refractivity contribution >= 4 is 10.4 Å². The van der Waals surface area contributed by atoms with Gasteiger partial charge in [-0.1, -0.05) is 57.6 Å². The lowest BCUT2D eigenvalue weighted by molar-refractivity contribution is 0.00480. The molecule has 1 aromatic rings. The maximum atomic E-state index is 10.3. The molecular weight excluding hydrogens is 436 g/mol. The Hall–Kier alpha value is -1.23. The van der Waals surface area contributed by atoms with Crippen molar-refractivity contribution in [2.75, 3.05) is 52.9 Å². The molecule has 0 saturated carbocycles. The second-order valence-corrected chi connectivity index (χ2v) is 8.54. The third kappa shape index (κ3) is 18.4. The second kappa shape index (κ2) is 19.3. The molecule has 0 saturated heterocycles. The molecule has 0 atom stereocenters. The van der Waals surface area contributed by atoms with Gasteiger partial charge in [-0.05, 0) is 30.5 Å². The van der Waals surface area contributed by atoms with Crippen LogP contribution in [0.3, 0.4) is 0 Å². The average Bonchev–Trinajstić information content (AvgIpc) is 2.76. The van der Waals surface area contributed by atoms with Gasteiger partial charge in [0.1, 0.15) is 12.4 Å². The SMILES string of the molecule is CCCCCCCCCc1ccc(OCCOCCOCCOCCOS(=O)(=O)O)cc1. The van der Waals surface area contributed by atoms with Crippen LogP contribution in [0.2, 0.25) is 0 Å². The minimum Gasteiger partial charge on any atom is -0.491 e. The molecule has 0 unspecified atom stereocenters. The number of aryl methyl sites for hydroxylation is 1. The Labute approximate surface area is 193 Å². The maximum Gasteiger partial charge on any atom is 0.397 e. The van der Waals surface area contributed by atoms with Crippen LogP contribution in [-0.2, 0) is 35.2 Å². The van der Waals surface area contributed by atoms with Gasteiger partial charge in [0.2, 0.25) is 0 Å². The number of hydrogen-bond donors (Lipinski definition) is 1. The van der Waals surface area contributed by atoms with E-state index in [-0.39, 0.29) is 13.2 Å². The van der Waals surface area contributed by atoms with Crippen LogP contribution in [0.15, 0.2) is 24.3 Å². The van der Waals surface area contributed by atoms with Crippen molar-refractivity contribution in [1.29, 1.82) is 0 Å². The Balaban J connectivity index is 1.89. The predicted molar refractivity (Wildman–Crippen MR) is 124 cm³/mol. The monoisotopic (exact) mass is 476 g/mol. The normalized spacial score (nSPS) is 11.7. The predicted octanol–water partition coefficient (Wildman–Crippen LogP) is 4.23. The number of unbranched alkanes of at least 4 members (excludes halogenated alkanes) is 6. The lowest BCUT2D eigenvalue weighted by Gasteiger charge is -2.09. The molecular formula is C23H40O8S. The van der Waals surface area contributed by atoms with Crippen LogP contribution >= 0.6 is 0 Å². The van der Waals surface area contributed by atoms with E-state index in [1.54, 1.807) is 0 Å². The zero-order valence-electron chi connectivity index (χ0n) is 19.3. The summed E-state index contributed by atoms with van der Waals surface area (Å²) in [6.07, 6.45) is 10.4. The topological polar surface area (TPSA) is 101 Å². The summed E-state index contributed by atoms with van der Waals surface area (Å²) < 4.78 is 54.7. The minimum atomic E-state index is -4.40. The van der Waals surface area contributed by atoms with E-state index in [0.717, 1.165) is 12.2 Å². The van der Waals surface area contributed by atoms with Gasteiger partial charge in [0.15, 0.2) is 0 Å². The summed E-state index contributed by atoms with van der Waals surface area (Å²) >= 11 is 0. The van der Waals surface area contributed by atoms with Gasteiger partial charge in [0.05, 0.1) is 46.2 Å². The maximum absolute atomic E-state index is 10.3. The fraction of sp³-hybridized carbons (Fsp3) is 0.739. The Kier molecular flexibility index (Phi) is 17.3. The first-order valence-electron chi connectivity index (χ1n) is 11.6. The van der Waals surface area contributed by atoms with E-state index in [1.807, 2.05) is 12.1 Å². The van der Waals surface area contributed by atoms with E-state index >= 15 is 0 Å². The largest absolute Gasteiger partial charge is 0.491 e. The van der Waals surface area contributed by atoms with Gasteiger partial charge in [-0.2, -0.15) is 8.42 Å². The van der Waals surface area contributed by atoms with Gasteiger partial charge in [0, 0.05) is 0 Å². The van der Waals surface area contributed by atoms with E-state index in [0.29, 0.717) is 39.6 Å². The first-order chi connectivity index (χ1) is 15.5. The van der Waals surface area contributed by atoms with E-state index in [9.17, 15) is 8.42 Å². The van der Waals surface area contributed by atoms with E-state index < -0.39 is 10.4 Å². The molecule has 9 heteroatoms. The molecule has 0 fully saturated rings. The highest BCUT2D eigenvalue weighted by Gasteiger charge is 2.03. The van der Waals surface area contributed by atoms with Crippen molar-refractivity contribution in [1.82, 2.24) is 0 Å². The van der Waals surface area contributed by atoms with Crippen LogP contribution in [0.5, 0.6) is 5.75 Å². The summed E-state index contributed by atoms with van der Waals surface area (Å²) in [4.78, 5) is 0. The molecule has 1 rings (SSSR count). The lowest BCUT2D eigenvalue weighted by atomic mass is 10.0. The first-order valence-corrected chi connectivity index (χ1v) is 12.9. The van der Waals surface area contributed by atoms with Crippen molar-refractivity contribution < 1.29 is 36.1 Å². The minimum absolute atomic E-state index is 0.0527. The molecule has 0 heterocycles. The van der Waals surface area contributed by atoms with Crippen LogP contribution in [-0.4, -0.2) is 65.8 Å². The lowest BCUT2D eigenvalue weighted by Crippen LogP contribution is -2.14. The van der Waals surface area contributed by atoms with Crippen LogP contribution in [0.1, 0.15) is 57.4 Å². The smallest absolute Gasteiger partial charge is 0.397 e. The molecule has 8 nitrogen and oxygen atoms in total. The quantitative estimate of drug-likeness (QED) is 0.196. The number of benzene rings is 1. The molecule has 0 radical (unpaired) electrons. The van der Waals surface area contributed by atoms with E-state index in [2.05, 4.69) is 23.2 Å². The summed E-state index contributed by atoms with van der Waals surface area (Å²) in [5, 5.41) is 0. The van der Waals surface area contributed by atoms with Gasteiger partial charge in [-0.15, -0.1) is 0 Å². The highest BCUT2D eigenvalue weighted by molar-refractivity contribution is 7.80. The third-order valence-corrected chi connectivity index (χ3v) is 5.16. The Bertz CT molecular complexity index is 648. The fourth-order valence-electron chi connectivity index (χ4n) is 3.00. The van der Waals surface area contributed by atoms with Gasteiger partial charge in [-0.3, -0.25) is 4.55 Å². The summed E-state index contributed by atoms with van der Waals surface area (Å²) in [5.74, 6) is 0.850. The highest BCUT2D eigenvalue weighted by atomic mass is 32.3. The molecule has 0 bridgehead atoms. The molecule has 0 aromatic heterocycles. The van der Waals surface area contributed by atoms with Gasteiger partial charge in [0.25, 0.3) is 0 Å². The highest BCUT2D eigenvalue weighted by Crippen LogP contribution is 2.15. The van der Waals surface area contributed by atoms with Gasteiger partial charge < -0.3 is 18.9 Å². The van der Waals surface area contributed by atoms with Crippen LogP contribution < -0.4 is 4.74 Å². The fourth-order valence-corrected chi connectivity index (χ4v) is 3.28. The second-order valence-electron chi connectivity index (χ2n) is 7.45. The molecule has 0 aliphatic heterocycles. The van der Waals surface area contributed by atoms with E-state index in [4.69, 9.17) is 23.5 Å². The first kappa shape index (κ1) is 28.8. The van der Waals surface area contributed by atoms with Crippen molar-refractivity contribution in [3.05, 3.63) is 29.8 Å². The molecule has 0 amide bonds. The molecule has 0 aliphatic rings. The molecule has 186 valence electrons. The molecule has 0 spiro atoms. The van der Waals surface area contributed by atoms with Crippen molar-refractivity contribution in [3.8, 4) is 5.75 Å². The van der Waals surface area contributed by atoms with Crippen molar-refractivity contribution in [2.24, 2.45) is 0 Å². The van der Waals surface area contributed by atoms with Gasteiger partial charge in [-0.25, -0.2) is 4.18 Å². The summed E-state index contributed by atoms with van der Waals surface area (Å²) in [6, 6.07) is 8.30. The standard InChI is InChI=1S/C23H40O8S/c1-2-3-4-5-6-7-8-9-22-10-12-23(13-11-22)30-20-18-28-16-14-27-15-17-29-19-21-31-32(24,25)26/h10-13H,2-9,14-21H2,1H3,(H,24,25,26). The van der Waals surface area contributed by atoms with Crippen molar-refractivity contribution in [2.45, 2.75) is 58.3 Å². The Morgan fingerprint density at radius 1 is 0.688 bits per heavy atom. The zero-order chi connectivity index (χ0) is 23.3. The molecule has 1 aromatic carbocycles. The molecule has 0 aliphatic carbocycles. The zero-order valence-corrected chi connectivity index (χ0v) is 20.2. The Morgan fingerprint density at radius 3 is 1.75 bits per heavy atom. The van der Waals surface area contributed by atoms with Crippen LogP contribution in [0, 0.1) is 0 Å². The summed E-state index contributed by atoms with van der Waals surface area (Å²) in [5.41, 5.74) is 1.36. The molecule has 32 heavy (non-hydrogen) atoms. The number of ether oxygens (including phenoxy) is 4. The van der Waals surface area contributed by atoms with Crippen molar-refractivity contribution in [3.63, 3.8) is 0 Å². The van der Waals surface area contributed by atoms with E-state index in [1.165, 1.54) is 50.5 Å². The summed E-state index contributed by atoms with van der Waals surface area (Å²) in [7, 11) is -4.40.